The minimum absolute atomic E-state index is 0.240. The molecule has 3 nitrogen and oxygen atoms in total. The van der Waals surface area contributed by atoms with Crippen LogP contribution in [0.15, 0.2) is 24.5 Å². The zero-order valence-electron chi connectivity index (χ0n) is 9.20. The molecule has 1 aliphatic rings. The smallest absolute Gasteiger partial charge is 0.334 e. The average Bonchev–Trinajstić information content (AvgIpc) is 2.63. The molecule has 0 N–H and O–H groups in total. The van der Waals surface area contributed by atoms with Crippen molar-refractivity contribution >= 4 is 5.97 Å². The highest BCUT2D eigenvalue weighted by Crippen LogP contribution is 2.25. The highest BCUT2D eigenvalue weighted by atomic mass is 16.5. The first-order valence-corrected chi connectivity index (χ1v) is 5.41. The van der Waals surface area contributed by atoms with Gasteiger partial charge in [0.1, 0.15) is 5.76 Å². The van der Waals surface area contributed by atoms with Gasteiger partial charge in [-0.2, -0.15) is 0 Å². The van der Waals surface area contributed by atoms with E-state index in [2.05, 4.69) is 6.58 Å². The fourth-order valence-corrected chi connectivity index (χ4v) is 1.56. The molecule has 15 heavy (non-hydrogen) atoms. The van der Waals surface area contributed by atoms with Gasteiger partial charge in [-0.05, 0) is 26.2 Å². The van der Waals surface area contributed by atoms with Crippen molar-refractivity contribution in [1.29, 1.82) is 0 Å². The van der Waals surface area contributed by atoms with Crippen LogP contribution in [0.3, 0.4) is 0 Å². The second-order valence-electron chi connectivity index (χ2n) is 3.51. The van der Waals surface area contributed by atoms with E-state index in [1.165, 1.54) is 6.08 Å². The maximum atomic E-state index is 11.1. The van der Waals surface area contributed by atoms with E-state index in [1.54, 1.807) is 6.92 Å². The lowest BCUT2D eigenvalue weighted by atomic mass is 10.1. The third kappa shape index (κ3) is 4.19. The number of carbonyl (C=O) groups is 1. The van der Waals surface area contributed by atoms with Crippen LogP contribution in [0.4, 0.5) is 0 Å². The van der Waals surface area contributed by atoms with Crippen LogP contribution in [-0.2, 0) is 14.3 Å². The van der Waals surface area contributed by atoms with Crippen molar-refractivity contribution in [2.24, 2.45) is 0 Å². The Labute approximate surface area is 90.8 Å². The van der Waals surface area contributed by atoms with Gasteiger partial charge in [0.15, 0.2) is 0 Å². The summed E-state index contributed by atoms with van der Waals surface area (Å²) in [4.78, 5) is 11.1. The van der Waals surface area contributed by atoms with Crippen molar-refractivity contribution in [3.05, 3.63) is 24.5 Å². The van der Waals surface area contributed by atoms with Crippen molar-refractivity contribution < 1.29 is 14.3 Å². The Morgan fingerprint density at radius 2 is 2.53 bits per heavy atom. The van der Waals surface area contributed by atoms with E-state index < -0.39 is 0 Å². The predicted octanol–water partition coefficient (Wildman–Crippen LogP) is 2.58. The Hall–Kier alpha value is -1.25. The fourth-order valence-electron chi connectivity index (χ4n) is 1.56. The molecular formula is C12H18O3. The quantitative estimate of drug-likeness (QED) is 0.397. The Balaban J connectivity index is 2.34. The summed E-state index contributed by atoms with van der Waals surface area (Å²) < 4.78 is 10.4. The summed E-state index contributed by atoms with van der Waals surface area (Å²) in [6.07, 6.45) is 7.33. The SMILES string of the molecule is C=CCC[C@H]1CC/C(=C/C(=O)OCC)O1. The molecule has 0 radical (unpaired) electrons. The van der Waals surface area contributed by atoms with Gasteiger partial charge in [-0.3, -0.25) is 0 Å². The summed E-state index contributed by atoms with van der Waals surface area (Å²) >= 11 is 0. The van der Waals surface area contributed by atoms with Crippen molar-refractivity contribution in [2.45, 2.75) is 38.7 Å². The van der Waals surface area contributed by atoms with E-state index in [0.29, 0.717) is 6.61 Å². The highest BCUT2D eigenvalue weighted by Gasteiger charge is 2.20. The van der Waals surface area contributed by atoms with Crippen LogP contribution in [0.1, 0.15) is 32.6 Å². The van der Waals surface area contributed by atoms with Crippen LogP contribution in [0.2, 0.25) is 0 Å². The van der Waals surface area contributed by atoms with Crippen molar-refractivity contribution in [3.63, 3.8) is 0 Å². The van der Waals surface area contributed by atoms with Gasteiger partial charge in [0, 0.05) is 6.42 Å². The van der Waals surface area contributed by atoms with E-state index in [0.717, 1.165) is 31.4 Å². The first-order chi connectivity index (χ1) is 7.26. The van der Waals surface area contributed by atoms with Crippen LogP contribution >= 0.6 is 0 Å². The van der Waals surface area contributed by atoms with Crippen molar-refractivity contribution in [2.75, 3.05) is 6.61 Å². The van der Waals surface area contributed by atoms with E-state index >= 15 is 0 Å². The normalized spacial score (nSPS) is 22.5. The lowest BCUT2D eigenvalue weighted by molar-refractivity contribution is -0.137. The fraction of sp³-hybridized carbons (Fsp3) is 0.583. The average molecular weight is 210 g/mol. The molecule has 1 fully saturated rings. The van der Waals surface area contributed by atoms with Gasteiger partial charge < -0.3 is 9.47 Å². The maximum absolute atomic E-state index is 11.1. The summed E-state index contributed by atoms with van der Waals surface area (Å²) in [7, 11) is 0. The molecular weight excluding hydrogens is 192 g/mol. The number of hydrogen-bond donors (Lipinski definition) is 0. The van der Waals surface area contributed by atoms with Gasteiger partial charge in [-0.1, -0.05) is 6.08 Å². The summed E-state index contributed by atoms with van der Waals surface area (Å²) in [6.45, 7) is 5.86. The molecule has 1 aliphatic heterocycles. The molecule has 84 valence electrons. The van der Waals surface area contributed by atoms with Crippen molar-refractivity contribution in [3.8, 4) is 0 Å². The van der Waals surface area contributed by atoms with Gasteiger partial charge in [0.25, 0.3) is 0 Å². The molecule has 3 heteroatoms. The molecule has 0 saturated carbocycles. The topological polar surface area (TPSA) is 35.5 Å². The zero-order valence-corrected chi connectivity index (χ0v) is 9.20. The Kier molecular flexibility index (Phi) is 4.95. The maximum Gasteiger partial charge on any atom is 0.334 e. The van der Waals surface area contributed by atoms with E-state index in [1.807, 2.05) is 6.08 Å². The summed E-state index contributed by atoms with van der Waals surface area (Å²) in [6, 6.07) is 0. The number of esters is 1. The third-order valence-electron chi connectivity index (χ3n) is 2.29. The van der Waals surface area contributed by atoms with E-state index in [9.17, 15) is 4.79 Å². The summed E-state index contributed by atoms with van der Waals surface area (Å²) in [5.74, 6) is 0.444. The highest BCUT2D eigenvalue weighted by molar-refractivity contribution is 5.82. The van der Waals surface area contributed by atoms with Crippen LogP contribution in [0, 0.1) is 0 Å². The van der Waals surface area contributed by atoms with Gasteiger partial charge >= 0.3 is 5.97 Å². The van der Waals surface area contributed by atoms with E-state index in [-0.39, 0.29) is 12.1 Å². The minimum atomic E-state index is -0.308. The molecule has 1 saturated heterocycles. The largest absolute Gasteiger partial charge is 0.494 e. The molecule has 0 unspecified atom stereocenters. The summed E-state index contributed by atoms with van der Waals surface area (Å²) in [5.41, 5.74) is 0. The van der Waals surface area contributed by atoms with Crippen LogP contribution in [0.5, 0.6) is 0 Å². The third-order valence-corrected chi connectivity index (χ3v) is 2.29. The lowest BCUT2D eigenvalue weighted by Gasteiger charge is -2.08. The molecule has 1 rings (SSSR count). The molecule has 0 aliphatic carbocycles. The molecule has 0 aromatic heterocycles. The van der Waals surface area contributed by atoms with Crippen LogP contribution in [0.25, 0.3) is 0 Å². The molecule has 0 aromatic carbocycles. The van der Waals surface area contributed by atoms with Gasteiger partial charge in [0.05, 0.1) is 18.8 Å². The second-order valence-corrected chi connectivity index (χ2v) is 3.51. The standard InChI is InChI=1S/C12H18O3/c1-3-5-6-10-7-8-11(15-10)9-12(13)14-4-2/h3,9-10H,1,4-8H2,2H3/b11-9-/t10-/m0/s1. The molecule has 1 atom stereocenters. The Morgan fingerprint density at radius 1 is 1.73 bits per heavy atom. The number of rotatable bonds is 5. The Morgan fingerprint density at radius 3 is 3.20 bits per heavy atom. The Bertz CT molecular complexity index is 256. The number of carbonyl (C=O) groups excluding carboxylic acids is 1. The molecule has 0 amide bonds. The van der Waals surface area contributed by atoms with Gasteiger partial charge in [-0.25, -0.2) is 4.79 Å². The monoisotopic (exact) mass is 210 g/mol. The van der Waals surface area contributed by atoms with Gasteiger partial charge in [-0.15, -0.1) is 6.58 Å². The molecule has 0 aromatic rings. The van der Waals surface area contributed by atoms with E-state index in [4.69, 9.17) is 9.47 Å². The molecule has 0 bridgehead atoms. The van der Waals surface area contributed by atoms with Crippen LogP contribution < -0.4 is 0 Å². The first kappa shape index (κ1) is 11.8. The number of hydrogen-bond acceptors (Lipinski definition) is 3. The number of ether oxygens (including phenoxy) is 2. The predicted molar refractivity (Wildman–Crippen MR) is 58.3 cm³/mol. The second kappa shape index (κ2) is 6.27. The summed E-state index contributed by atoms with van der Waals surface area (Å²) in [5, 5.41) is 0. The van der Waals surface area contributed by atoms with Crippen molar-refractivity contribution in [1.82, 2.24) is 0 Å². The lowest BCUT2D eigenvalue weighted by Crippen LogP contribution is -2.04. The van der Waals surface area contributed by atoms with Crippen LogP contribution in [-0.4, -0.2) is 18.7 Å². The number of allylic oxidation sites excluding steroid dienone is 2. The molecule has 0 spiro atoms. The zero-order chi connectivity index (χ0) is 11.1. The molecule has 1 heterocycles. The minimum Gasteiger partial charge on any atom is -0.494 e. The van der Waals surface area contributed by atoms with Gasteiger partial charge in [0.2, 0.25) is 0 Å². The first-order valence-electron chi connectivity index (χ1n) is 5.41.